The van der Waals surface area contributed by atoms with E-state index in [0.717, 1.165) is 28.3 Å². The SMILES string of the molecule is C=CCOc1ccc(-c2nn(-c3ccccc3)cc2/C=c2\sc3nc(-c4ccco4)nn3c2=O)cc1. The van der Waals surface area contributed by atoms with Crippen molar-refractivity contribution in [2.24, 2.45) is 0 Å². The Morgan fingerprint density at radius 1 is 1.03 bits per heavy atom. The summed E-state index contributed by atoms with van der Waals surface area (Å²) in [4.78, 5) is 18.1. The molecule has 0 atom stereocenters. The Balaban J connectivity index is 1.45. The highest BCUT2D eigenvalue weighted by atomic mass is 32.1. The van der Waals surface area contributed by atoms with Gasteiger partial charge in [0.15, 0.2) is 5.76 Å². The molecule has 0 unspecified atom stereocenters. The molecular formula is C27H19N5O3S. The number of fused-ring (bicyclic) bond motifs is 1. The highest BCUT2D eigenvalue weighted by molar-refractivity contribution is 7.15. The normalized spacial score (nSPS) is 11.8. The van der Waals surface area contributed by atoms with Gasteiger partial charge in [-0.2, -0.15) is 14.6 Å². The van der Waals surface area contributed by atoms with E-state index < -0.39 is 0 Å². The van der Waals surface area contributed by atoms with E-state index in [1.165, 1.54) is 15.9 Å². The number of para-hydroxylation sites is 1. The number of ether oxygens (including phenoxy) is 1. The average Bonchev–Trinajstić information content (AvgIpc) is 3.70. The van der Waals surface area contributed by atoms with Crippen LogP contribution in [0.2, 0.25) is 0 Å². The molecule has 0 aliphatic heterocycles. The van der Waals surface area contributed by atoms with Crippen LogP contribution in [0.5, 0.6) is 5.75 Å². The lowest BCUT2D eigenvalue weighted by Gasteiger charge is -2.04. The largest absolute Gasteiger partial charge is 0.490 e. The maximum atomic E-state index is 13.1. The number of benzene rings is 2. The van der Waals surface area contributed by atoms with Crippen LogP contribution in [-0.2, 0) is 0 Å². The van der Waals surface area contributed by atoms with E-state index in [1.807, 2.05) is 66.9 Å². The van der Waals surface area contributed by atoms with Gasteiger partial charge < -0.3 is 9.15 Å². The van der Waals surface area contributed by atoms with Crippen LogP contribution in [0.15, 0.2) is 101 Å². The van der Waals surface area contributed by atoms with Crippen LogP contribution in [-0.4, -0.2) is 31.0 Å². The van der Waals surface area contributed by atoms with Gasteiger partial charge in [-0.3, -0.25) is 4.79 Å². The van der Waals surface area contributed by atoms with Gasteiger partial charge in [0.25, 0.3) is 5.56 Å². The second-order valence-corrected chi connectivity index (χ2v) is 8.87. The zero-order chi connectivity index (χ0) is 24.5. The van der Waals surface area contributed by atoms with Gasteiger partial charge in [0.1, 0.15) is 18.1 Å². The van der Waals surface area contributed by atoms with Crippen LogP contribution in [0.4, 0.5) is 0 Å². The number of hydrogen-bond acceptors (Lipinski definition) is 7. The van der Waals surface area contributed by atoms with Crippen molar-refractivity contribution >= 4 is 22.4 Å². The monoisotopic (exact) mass is 493 g/mol. The van der Waals surface area contributed by atoms with E-state index >= 15 is 0 Å². The lowest BCUT2D eigenvalue weighted by Crippen LogP contribution is -2.23. The van der Waals surface area contributed by atoms with Gasteiger partial charge in [0, 0.05) is 17.3 Å². The highest BCUT2D eigenvalue weighted by Crippen LogP contribution is 2.26. The number of hydrogen-bond donors (Lipinski definition) is 0. The molecule has 0 spiro atoms. The van der Waals surface area contributed by atoms with Crippen molar-refractivity contribution < 1.29 is 9.15 Å². The lowest BCUT2D eigenvalue weighted by atomic mass is 10.1. The van der Waals surface area contributed by atoms with Gasteiger partial charge in [-0.05, 0) is 54.6 Å². The Bertz CT molecular complexity index is 1770. The zero-order valence-corrected chi connectivity index (χ0v) is 19.8. The molecule has 0 saturated heterocycles. The molecule has 4 heterocycles. The average molecular weight is 494 g/mol. The Hall–Kier alpha value is -4.76. The van der Waals surface area contributed by atoms with Crippen molar-refractivity contribution in [2.45, 2.75) is 0 Å². The Kier molecular flexibility index (Phi) is 5.51. The topological polar surface area (TPSA) is 87.4 Å². The van der Waals surface area contributed by atoms with Gasteiger partial charge in [-0.1, -0.05) is 42.2 Å². The summed E-state index contributed by atoms with van der Waals surface area (Å²) in [5.41, 5.74) is 3.11. The molecule has 0 N–H and O–H groups in total. The third-order valence-electron chi connectivity index (χ3n) is 5.47. The van der Waals surface area contributed by atoms with E-state index in [4.69, 9.17) is 14.3 Å². The Labute approximate surface area is 209 Å². The van der Waals surface area contributed by atoms with Gasteiger partial charge >= 0.3 is 0 Å². The maximum Gasteiger partial charge on any atom is 0.291 e. The quantitative estimate of drug-likeness (QED) is 0.307. The molecule has 0 aliphatic rings. The first-order chi connectivity index (χ1) is 17.7. The molecule has 0 bridgehead atoms. The molecule has 4 aromatic heterocycles. The fourth-order valence-corrected chi connectivity index (χ4v) is 4.68. The van der Waals surface area contributed by atoms with E-state index in [0.29, 0.717) is 27.7 Å². The summed E-state index contributed by atoms with van der Waals surface area (Å²) < 4.78 is 14.6. The Morgan fingerprint density at radius 3 is 2.58 bits per heavy atom. The van der Waals surface area contributed by atoms with Crippen LogP contribution in [0.25, 0.3) is 39.6 Å². The highest BCUT2D eigenvalue weighted by Gasteiger charge is 2.16. The van der Waals surface area contributed by atoms with Crippen molar-refractivity contribution in [1.82, 2.24) is 24.4 Å². The minimum Gasteiger partial charge on any atom is -0.490 e. The number of aromatic nitrogens is 5. The summed E-state index contributed by atoms with van der Waals surface area (Å²) in [6.45, 7) is 4.11. The molecule has 36 heavy (non-hydrogen) atoms. The first-order valence-electron chi connectivity index (χ1n) is 11.1. The first kappa shape index (κ1) is 21.8. The smallest absolute Gasteiger partial charge is 0.291 e. The van der Waals surface area contributed by atoms with Gasteiger partial charge in [0.05, 0.1) is 16.5 Å². The van der Waals surface area contributed by atoms with Gasteiger partial charge in [0.2, 0.25) is 10.8 Å². The molecule has 6 rings (SSSR count). The second kappa shape index (κ2) is 9.12. The fraction of sp³-hybridized carbons (Fsp3) is 0.0370. The standard InChI is InChI=1S/C27H19N5O3S/c1-2-14-34-21-12-10-18(11-13-21)24-19(17-31(29-24)20-7-4-3-5-8-20)16-23-26(33)32-27(36-23)28-25(30-32)22-9-6-15-35-22/h2-13,15-17H,1,14H2/b23-16-. The summed E-state index contributed by atoms with van der Waals surface area (Å²) in [5, 5.41) is 9.17. The van der Waals surface area contributed by atoms with Crippen LogP contribution in [0.3, 0.4) is 0 Å². The van der Waals surface area contributed by atoms with E-state index in [-0.39, 0.29) is 5.56 Å². The molecule has 0 aliphatic carbocycles. The minimum atomic E-state index is -0.244. The first-order valence-corrected chi connectivity index (χ1v) is 12.0. The van der Waals surface area contributed by atoms with Crippen LogP contribution < -0.4 is 14.8 Å². The minimum absolute atomic E-state index is 0.244. The summed E-state index contributed by atoms with van der Waals surface area (Å²) in [5.74, 6) is 1.64. The number of rotatable bonds is 7. The summed E-state index contributed by atoms with van der Waals surface area (Å²) >= 11 is 1.27. The molecule has 0 saturated carbocycles. The van der Waals surface area contributed by atoms with E-state index in [2.05, 4.69) is 16.7 Å². The predicted octanol–water partition coefficient (Wildman–Crippen LogP) is 4.38. The fourth-order valence-electron chi connectivity index (χ4n) is 3.78. The molecule has 6 aromatic rings. The van der Waals surface area contributed by atoms with Crippen LogP contribution in [0.1, 0.15) is 5.56 Å². The van der Waals surface area contributed by atoms with Gasteiger partial charge in [-0.15, -0.1) is 5.10 Å². The predicted molar refractivity (Wildman–Crippen MR) is 138 cm³/mol. The van der Waals surface area contributed by atoms with Crippen molar-refractivity contribution in [3.8, 4) is 34.3 Å². The summed E-state index contributed by atoms with van der Waals surface area (Å²) in [6, 6.07) is 21.0. The summed E-state index contributed by atoms with van der Waals surface area (Å²) in [7, 11) is 0. The molecule has 8 nitrogen and oxygen atoms in total. The summed E-state index contributed by atoms with van der Waals surface area (Å²) in [6.07, 6.45) is 7.00. The third kappa shape index (κ3) is 4.01. The van der Waals surface area contributed by atoms with Crippen LogP contribution >= 0.6 is 11.3 Å². The number of furan rings is 1. The molecule has 176 valence electrons. The van der Waals surface area contributed by atoms with E-state index in [9.17, 15) is 4.79 Å². The number of thiazole rings is 1. The molecule has 0 radical (unpaired) electrons. The van der Waals surface area contributed by atoms with Crippen molar-refractivity contribution in [1.29, 1.82) is 0 Å². The molecule has 0 fully saturated rings. The molecule has 2 aromatic carbocycles. The molecular weight excluding hydrogens is 474 g/mol. The zero-order valence-electron chi connectivity index (χ0n) is 18.9. The van der Waals surface area contributed by atoms with E-state index in [1.54, 1.807) is 29.2 Å². The maximum absolute atomic E-state index is 13.1. The van der Waals surface area contributed by atoms with Gasteiger partial charge in [-0.25, -0.2) is 4.68 Å². The second-order valence-electron chi connectivity index (χ2n) is 7.86. The Morgan fingerprint density at radius 2 is 1.86 bits per heavy atom. The van der Waals surface area contributed by atoms with Crippen LogP contribution in [0, 0.1) is 0 Å². The van der Waals surface area contributed by atoms with Crippen molar-refractivity contribution in [3.63, 3.8) is 0 Å². The van der Waals surface area contributed by atoms with Crippen molar-refractivity contribution in [3.05, 3.63) is 112 Å². The lowest BCUT2D eigenvalue weighted by molar-refractivity contribution is 0.363. The number of nitrogens with zero attached hydrogens (tertiary/aromatic N) is 5. The molecule has 0 amide bonds. The molecule has 9 heteroatoms. The third-order valence-corrected chi connectivity index (χ3v) is 6.43. The van der Waals surface area contributed by atoms with Crippen molar-refractivity contribution in [2.75, 3.05) is 6.61 Å².